The van der Waals surface area contributed by atoms with E-state index < -0.39 is 17.6 Å². The van der Waals surface area contributed by atoms with Gasteiger partial charge in [-0.1, -0.05) is 30.3 Å². The molecule has 2 heterocycles. The molecular formula is C16H18N2O4. The monoisotopic (exact) mass is 302 g/mol. The molecule has 2 saturated heterocycles. The molecule has 2 aliphatic rings. The van der Waals surface area contributed by atoms with Gasteiger partial charge in [0.05, 0.1) is 6.04 Å². The molecule has 1 unspecified atom stereocenters. The lowest BCUT2D eigenvalue weighted by Gasteiger charge is -2.41. The maximum absolute atomic E-state index is 12.4. The van der Waals surface area contributed by atoms with Gasteiger partial charge in [-0.3, -0.25) is 9.59 Å². The zero-order chi connectivity index (χ0) is 15.9. The molecule has 3 rings (SSSR count). The summed E-state index contributed by atoms with van der Waals surface area (Å²) in [5.74, 6) is -0.703. The van der Waals surface area contributed by atoms with Crippen LogP contribution in [0, 0.1) is 0 Å². The number of likely N-dealkylation sites (tertiary alicyclic amines) is 1. The fourth-order valence-corrected chi connectivity index (χ4v) is 2.80. The molecule has 2 fully saturated rings. The Hall–Kier alpha value is -2.37. The van der Waals surface area contributed by atoms with Gasteiger partial charge in [-0.15, -0.1) is 0 Å². The molecule has 116 valence electrons. The number of nitrogens with zero attached hydrogens (tertiary/aromatic N) is 2. The first kappa shape index (κ1) is 14.6. The van der Waals surface area contributed by atoms with E-state index in [1.807, 2.05) is 30.3 Å². The van der Waals surface area contributed by atoms with E-state index in [9.17, 15) is 14.4 Å². The lowest BCUT2D eigenvalue weighted by atomic mass is 9.94. The van der Waals surface area contributed by atoms with Gasteiger partial charge in [-0.25, -0.2) is 9.69 Å². The van der Waals surface area contributed by atoms with Crippen LogP contribution in [0.2, 0.25) is 0 Å². The molecule has 0 aliphatic carbocycles. The minimum Gasteiger partial charge on any atom is -0.433 e. The van der Waals surface area contributed by atoms with Crippen molar-refractivity contribution in [2.45, 2.75) is 31.9 Å². The topological polar surface area (TPSA) is 66.9 Å². The first-order valence-electron chi connectivity index (χ1n) is 7.29. The van der Waals surface area contributed by atoms with Gasteiger partial charge in [0, 0.05) is 6.54 Å². The number of imide groups is 1. The summed E-state index contributed by atoms with van der Waals surface area (Å²) in [4.78, 5) is 38.8. The third kappa shape index (κ3) is 2.34. The largest absolute Gasteiger partial charge is 0.433 e. The second-order valence-electron chi connectivity index (χ2n) is 6.07. The van der Waals surface area contributed by atoms with Crippen molar-refractivity contribution in [1.29, 1.82) is 0 Å². The summed E-state index contributed by atoms with van der Waals surface area (Å²) in [6.45, 7) is 3.42. The van der Waals surface area contributed by atoms with Crippen LogP contribution < -0.4 is 0 Å². The summed E-state index contributed by atoms with van der Waals surface area (Å²) in [6, 6.07) is 9.76. The molecule has 0 bridgehead atoms. The fraction of sp³-hybridized carbons (Fsp3) is 0.438. The fourth-order valence-electron chi connectivity index (χ4n) is 2.80. The van der Waals surface area contributed by atoms with Crippen LogP contribution in [0.15, 0.2) is 30.3 Å². The Kier molecular flexibility index (Phi) is 3.39. The highest BCUT2D eigenvalue weighted by molar-refractivity contribution is 6.04. The van der Waals surface area contributed by atoms with Crippen LogP contribution in [0.25, 0.3) is 0 Å². The third-order valence-electron chi connectivity index (χ3n) is 4.14. The summed E-state index contributed by atoms with van der Waals surface area (Å²) in [6.07, 6.45) is 0.139. The Morgan fingerprint density at radius 1 is 1.27 bits per heavy atom. The lowest BCUT2D eigenvalue weighted by molar-refractivity contribution is -0.144. The van der Waals surface area contributed by atoms with E-state index in [0.29, 0.717) is 6.54 Å². The van der Waals surface area contributed by atoms with Gasteiger partial charge in [0.15, 0.2) is 5.60 Å². The number of benzene rings is 1. The molecule has 0 aromatic heterocycles. The van der Waals surface area contributed by atoms with Crippen molar-refractivity contribution in [3.8, 4) is 0 Å². The maximum atomic E-state index is 12.4. The number of rotatable bonds is 3. The Labute approximate surface area is 128 Å². The lowest BCUT2D eigenvalue weighted by Crippen LogP contribution is -2.50. The molecule has 0 radical (unpaired) electrons. The van der Waals surface area contributed by atoms with Crippen molar-refractivity contribution in [2.75, 3.05) is 13.1 Å². The van der Waals surface area contributed by atoms with E-state index in [4.69, 9.17) is 4.74 Å². The number of cyclic esters (lactones) is 1. The van der Waals surface area contributed by atoms with E-state index in [-0.39, 0.29) is 18.5 Å². The maximum Gasteiger partial charge on any atom is 0.418 e. The molecule has 0 spiro atoms. The molecule has 0 saturated carbocycles. The van der Waals surface area contributed by atoms with Gasteiger partial charge < -0.3 is 9.64 Å². The minimum atomic E-state index is -1.19. The minimum absolute atomic E-state index is 0.0236. The average Bonchev–Trinajstić information content (AvgIpc) is 2.61. The van der Waals surface area contributed by atoms with Gasteiger partial charge in [0.25, 0.3) is 5.91 Å². The van der Waals surface area contributed by atoms with Gasteiger partial charge in [-0.05, 0) is 25.8 Å². The van der Waals surface area contributed by atoms with Gasteiger partial charge in [-0.2, -0.15) is 0 Å². The van der Waals surface area contributed by atoms with Gasteiger partial charge >= 0.3 is 6.09 Å². The summed E-state index contributed by atoms with van der Waals surface area (Å²) in [5.41, 5.74) is -0.122. The number of carbonyl (C=O) groups is 3. The number of hydrogen-bond acceptors (Lipinski definition) is 4. The molecule has 1 atom stereocenters. The van der Waals surface area contributed by atoms with Gasteiger partial charge in [0.2, 0.25) is 5.91 Å². The van der Waals surface area contributed by atoms with Crippen molar-refractivity contribution in [3.63, 3.8) is 0 Å². The molecule has 1 aromatic carbocycles. The van der Waals surface area contributed by atoms with E-state index >= 15 is 0 Å². The SMILES string of the molecule is CC1(C)OC(=O)N(CC(=O)N2CCC2c2ccccc2)C1=O. The summed E-state index contributed by atoms with van der Waals surface area (Å²) >= 11 is 0. The number of hydrogen-bond donors (Lipinski definition) is 0. The first-order valence-corrected chi connectivity index (χ1v) is 7.29. The number of carbonyl (C=O) groups excluding carboxylic acids is 3. The van der Waals surface area contributed by atoms with E-state index in [1.54, 1.807) is 4.90 Å². The van der Waals surface area contributed by atoms with Crippen LogP contribution >= 0.6 is 0 Å². The standard InChI is InChI=1S/C16H18N2O4/c1-16(2)14(20)18(15(21)22-16)10-13(19)17-9-8-12(17)11-6-4-3-5-7-11/h3-7,12H,8-10H2,1-2H3. The number of ether oxygens (including phenoxy) is 1. The van der Waals surface area contributed by atoms with Crippen LogP contribution in [0.5, 0.6) is 0 Å². The second kappa shape index (κ2) is 5.12. The highest BCUT2D eigenvalue weighted by atomic mass is 16.6. The Morgan fingerprint density at radius 2 is 1.95 bits per heavy atom. The van der Waals surface area contributed by atoms with Crippen LogP contribution in [-0.4, -0.2) is 46.4 Å². The normalized spacial score (nSPS) is 23.3. The number of amides is 3. The Balaban J connectivity index is 1.68. The predicted molar refractivity (Wildman–Crippen MR) is 77.8 cm³/mol. The van der Waals surface area contributed by atoms with E-state index in [0.717, 1.165) is 16.9 Å². The summed E-state index contributed by atoms with van der Waals surface area (Å²) in [5, 5.41) is 0. The zero-order valence-electron chi connectivity index (χ0n) is 12.6. The smallest absolute Gasteiger partial charge is 0.418 e. The van der Waals surface area contributed by atoms with Crippen molar-refractivity contribution >= 4 is 17.9 Å². The molecule has 6 nitrogen and oxygen atoms in total. The van der Waals surface area contributed by atoms with Crippen molar-refractivity contribution < 1.29 is 19.1 Å². The van der Waals surface area contributed by atoms with Crippen LogP contribution in [-0.2, 0) is 14.3 Å². The van der Waals surface area contributed by atoms with Crippen LogP contribution in [0.4, 0.5) is 4.79 Å². The van der Waals surface area contributed by atoms with Crippen LogP contribution in [0.3, 0.4) is 0 Å². The van der Waals surface area contributed by atoms with Gasteiger partial charge in [0.1, 0.15) is 6.54 Å². The third-order valence-corrected chi connectivity index (χ3v) is 4.14. The second-order valence-corrected chi connectivity index (χ2v) is 6.07. The zero-order valence-corrected chi connectivity index (χ0v) is 12.6. The van der Waals surface area contributed by atoms with E-state index in [1.165, 1.54) is 13.8 Å². The predicted octanol–water partition coefficient (Wildman–Crippen LogP) is 1.72. The van der Waals surface area contributed by atoms with Crippen LogP contribution in [0.1, 0.15) is 31.9 Å². The molecular weight excluding hydrogens is 284 g/mol. The molecule has 1 aromatic rings. The highest BCUT2D eigenvalue weighted by Gasteiger charge is 2.48. The quantitative estimate of drug-likeness (QED) is 0.852. The average molecular weight is 302 g/mol. The molecule has 3 amide bonds. The van der Waals surface area contributed by atoms with E-state index in [2.05, 4.69) is 0 Å². The highest BCUT2D eigenvalue weighted by Crippen LogP contribution is 2.33. The molecule has 6 heteroatoms. The van der Waals surface area contributed by atoms with Crippen molar-refractivity contribution in [1.82, 2.24) is 9.80 Å². The first-order chi connectivity index (χ1) is 10.4. The van der Waals surface area contributed by atoms with Crippen molar-refractivity contribution in [3.05, 3.63) is 35.9 Å². The van der Waals surface area contributed by atoms with Crippen molar-refractivity contribution in [2.24, 2.45) is 0 Å². The summed E-state index contributed by atoms with van der Waals surface area (Å²) < 4.78 is 4.98. The molecule has 22 heavy (non-hydrogen) atoms. The Bertz CT molecular complexity index is 626. The Morgan fingerprint density at radius 3 is 2.45 bits per heavy atom. The molecule has 2 aliphatic heterocycles. The molecule has 0 N–H and O–H groups in total. The summed E-state index contributed by atoms with van der Waals surface area (Å²) in [7, 11) is 0.